The van der Waals surface area contributed by atoms with E-state index in [-0.39, 0.29) is 5.43 Å². The van der Waals surface area contributed by atoms with Crippen LogP contribution in [0.25, 0.3) is 11.0 Å². The molecular formula is C16H19NO3. The summed E-state index contributed by atoms with van der Waals surface area (Å²) < 4.78 is 11.5. The van der Waals surface area contributed by atoms with Gasteiger partial charge in [0.25, 0.3) is 0 Å². The van der Waals surface area contributed by atoms with Crippen LogP contribution in [-0.2, 0) is 12.8 Å². The first-order valence-corrected chi connectivity index (χ1v) is 7.01. The monoisotopic (exact) mass is 273 g/mol. The highest BCUT2D eigenvalue weighted by Crippen LogP contribution is 2.25. The molecule has 20 heavy (non-hydrogen) atoms. The van der Waals surface area contributed by atoms with E-state index in [1.54, 1.807) is 0 Å². The van der Waals surface area contributed by atoms with Gasteiger partial charge in [0.15, 0.2) is 5.43 Å². The molecule has 1 aliphatic rings. The molecule has 0 saturated heterocycles. The Morgan fingerprint density at radius 3 is 2.95 bits per heavy atom. The highest BCUT2D eigenvalue weighted by Gasteiger charge is 2.19. The van der Waals surface area contributed by atoms with Crippen LogP contribution in [0.2, 0.25) is 0 Å². The molecule has 0 spiro atoms. The Hall–Kier alpha value is -1.81. The van der Waals surface area contributed by atoms with Crippen LogP contribution in [0.3, 0.4) is 0 Å². The van der Waals surface area contributed by atoms with Crippen LogP contribution >= 0.6 is 0 Å². The summed E-state index contributed by atoms with van der Waals surface area (Å²) in [4.78, 5) is 14.4. The summed E-state index contributed by atoms with van der Waals surface area (Å²) in [5, 5.41) is 0.658. The molecular weight excluding hydrogens is 254 g/mol. The first kappa shape index (κ1) is 13.2. The molecule has 0 unspecified atom stereocenters. The van der Waals surface area contributed by atoms with E-state index >= 15 is 0 Å². The lowest BCUT2D eigenvalue weighted by Gasteiger charge is -2.11. The molecule has 4 heteroatoms. The molecule has 106 valence electrons. The zero-order valence-corrected chi connectivity index (χ0v) is 11.9. The van der Waals surface area contributed by atoms with Gasteiger partial charge in [-0.25, -0.2) is 0 Å². The third kappa shape index (κ3) is 2.43. The molecule has 3 rings (SSSR count). The number of aryl methyl sites for hydroxylation is 1. The molecule has 0 bridgehead atoms. The third-order valence-corrected chi connectivity index (χ3v) is 3.68. The maximum Gasteiger partial charge on any atom is 0.196 e. The minimum absolute atomic E-state index is 0.124. The molecule has 1 aromatic carbocycles. The maximum absolute atomic E-state index is 12.3. The van der Waals surface area contributed by atoms with Crippen molar-refractivity contribution in [3.8, 4) is 5.75 Å². The van der Waals surface area contributed by atoms with Gasteiger partial charge in [-0.1, -0.05) is 0 Å². The molecule has 0 fully saturated rings. The van der Waals surface area contributed by atoms with Gasteiger partial charge in [0.05, 0.1) is 5.39 Å². The van der Waals surface area contributed by atoms with Gasteiger partial charge < -0.3 is 14.1 Å². The Labute approximate surface area is 118 Å². The Bertz CT molecular complexity index is 688. The second-order valence-corrected chi connectivity index (χ2v) is 5.50. The second-order valence-electron chi connectivity index (χ2n) is 5.50. The van der Waals surface area contributed by atoms with Crippen molar-refractivity contribution in [2.45, 2.75) is 19.3 Å². The van der Waals surface area contributed by atoms with Crippen LogP contribution in [-0.4, -0.2) is 32.1 Å². The van der Waals surface area contributed by atoms with Crippen LogP contribution in [0.15, 0.2) is 27.4 Å². The van der Waals surface area contributed by atoms with E-state index in [0.29, 0.717) is 17.6 Å². The third-order valence-electron chi connectivity index (χ3n) is 3.68. The van der Waals surface area contributed by atoms with E-state index in [9.17, 15) is 4.79 Å². The van der Waals surface area contributed by atoms with Gasteiger partial charge in [0, 0.05) is 24.6 Å². The molecule has 0 radical (unpaired) electrons. The number of benzene rings is 1. The summed E-state index contributed by atoms with van der Waals surface area (Å²) in [6.07, 6.45) is 2.72. The Morgan fingerprint density at radius 2 is 2.15 bits per heavy atom. The summed E-state index contributed by atoms with van der Waals surface area (Å²) in [5.74, 6) is 1.60. The van der Waals surface area contributed by atoms with Crippen molar-refractivity contribution in [3.05, 3.63) is 39.7 Å². The average Bonchev–Trinajstić information content (AvgIpc) is 2.87. The number of fused-ring (bicyclic) bond motifs is 2. The minimum atomic E-state index is 0.124. The highest BCUT2D eigenvalue weighted by atomic mass is 16.5. The molecule has 4 nitrogen and oxygen atoms in total. The number of hydrogen-bond donors (Lipinski definition) is 0. The van der Waals surface area contributed by atoms with Crippen molar-refractivity contribution in [1.29, 1.82) is 0 Å². The Kier molecular flexibility index (Phi) is 3.49. The van der Waals surface area contributed by atoms with Crippen LogP contribution in [0, 0.1) is 0 Å². The van der Waals surface area contributed by atoms with Crippen molar-refractivity contribution in [1.82, 2.24) is 4.90 Å². The van der Waals surface area contributed by atoms with Crippen molar-refractivity contribution >= 4 is 11.0 Å². The molecule has 1 aromatic heterocycles. The lowest BCUT2D eigenvalue weighted by atomic mass is 10.1. The van der Waals surface area contributed by atoms with Crippen molar-refractivity contribution in [2.75, 3.05) is 27.2 Å². The van der Waals surface area contributed by atoms with Gasteiger partial charge in [0.2, 0.25) is 0 Å². The molecule has 2 aromatic rings. The van der Waals surface area contributed by atoms with Gasteiger partial charge in [-0.2, -0.15) is 0 Å². The number of likely N-dealkylation sites (N-methyl/N-ethyl adjacent to an activating group) is 1. The molecule has 0 amide bonds. The van der Waals surface area contributed by atoms with Crippen molar-refractivity contribution in [3.63, 3.8) is 0 Å². The topological polar surface area (TPSA) is 42.7 Å². The number of nitrogens with zero attached hydrogens (tertiary/aromatic N) is 1. The van der Waals surface area contributed by atoms with Crippen LogP contribution in [0.5, 0.6) is 5.75 Å². The first-order valence-electron chi connectivity index (χ1n) is 7.01. The number of hydrogen-bond acceptors (Lipinski definition) is 4. The smallest absolute Gasteiger partial charge is 0.196 e. The quantitative estimate of drug-likeness (QED) is 0.856. The Balaban J connectivity index is 1.92. The standard InChI is InChI=1S/C16H19NO3/c1-17(2)8-9-19-11-6-7-13-15(10-11)20-14-5-3-4-12(14)16(13)18/h6-7,10H,3-5,8-9H2,1-2H3. The van der Waals surface area contributed by atoms with E-state index in [1.165, 1.54) is 0 Å². The number of ether oxygens (including phenoxy) is 1. The zero-order chi connectivity index (χ0) is 14.1. The van der Waals surface area contributed by atoms with Crippen LogP contribution in [0.1, 0.15) is 17.7 Å². The van der Waals surface area contributed by atoms with E-state index in [2.05, 4.69) is 4.90 Å². The summed E-state index contributed by atoms with van der Waals surface area (Å²) in [6, 6.07) is 5.48. The molecule has 0 aliphatic heterocycles. The second kappa shape index (κ2) is 5.29. The summed E-state index contributed by atoms with van der Waals surface area (Å²) in [7, 11) is 4.01. The predicted molar refractivity (Wildman–Crippen MR) is 78.6 cm³/mol. The average molecular weight is 273 g/mol. The minimum Gasteiger partial charge on any atom is -0.492 e. The lowest BCUT2D eigenvalue weighted by molar-refractivity contribution is 0.261. The van der Waals surface area contributed by atoms with E-state index < -0.39 is 0 Å². The lowest BCUT2D eigenvalue weighted by Crippen LogP contribution is -2.19. The molecule has 0 N–H and O–H groups in total. The maximum atomic E-state index is 12.3. The fraction of sp³-hybridized carbons (Fsp3) is 0.438. The molecule has 0 saturated carbocycles. The molecule has 0 atom stereocenters. The van der Waals surface area contributed by atoms with Crippen LogP contribution in [0.4, 0.5) is 0 Å². The SMILES string of the molecule is CN(C)CCOc1ccc2c(=O)c3c(oc2c1)CCC3. The Morgan fingerprint density at radius 1 is 1.30 bits per heavy atom. The predicted octanol–water partition coefficient (Wildman–Crippen LogP) is 2.22. The number of rotatable bonds is 4. The summed E-state index contributed by atoms with van der Waals surface area (Å²) in [5.41, 5.74) is 1.62. The normalized spacial score (nSPS) is 13.9. The zero-order valence-electron chi connectivity index (χ0n) is 11.9. The fourth-order valence-corrected chi connectivity index (χ4v) is 2.57. The fourth-order valence-electron chi connectivity index (χ4n) is 2.57. The van der Waals surface area contributed by atoms with Gasteiger partial charge >= 0.3 is 0 Å². The highest BCUT2D eigenvalue weighted by molar-refractivity contribution is 5.79. The van der Waals surface area contributed by atoms with Crippen molar-refractivity contribution < 1.29 is 9.15 Å². The van der Waals surface area contributed by atoms with Crippen LogP contribution < -0.4 is 10.2 Å². The summed E-state index contributed by atoms with van der Waals surface area (Å²) >= 11 is 0. The van der Waals surface area contributed by atoms with Gasteiger partial charge in [-0.05, 0) is 39.1 Å². The largest absolute Gasteiger partial charge is 0.492 e. The van der Waals surface area contributed by atoms with Crippen molar-refractivity contribution in [2.24, 2.45) is 0 Å². The van der Waals surface area contributed by atoms with E-state index in [0.717, 1.165) is 42.9 Å². The summed E-state index contributed by atoms with van der Waals surface area (Å²) in [6.45, 7) is 1.47. The van der Waals surface area contributed by atoms with E-state index in [1.807, 2.05) is 32.3 Å². The van der Waals surface area contributed by atoms with Gasteiger partial charge in [0.1, 0.15) is 23.7 Å². The van der Waals surface area contributed by atoms with Gasteiger partial charge in [-0.15, -0.1) is 0 Å². The molecule has 1 aliphatic carbocycles. The van der Waals surface area contributed by atoms with Gasteiger partial charge in [-0.3, -0.25) is 4.79 Å². The molecule has 1 heterocycles. The van der Waals surface area contributed by atoms with E-state index in [4.69, 9.17) is 9.15 Å². The first-order chi connectivity index (χ1) is 9.65.